The van der Waals surface area contributed by atoms with Crippen LogP contribution in [0.5, 0.6) is 0 Å². The molecular formula is C18H20ClNS. The predicted octanol–water partition coefficient (Wildman–Crippen LogP) is 5.40. The van der Waals surface area contributed by atoms with E-state index in [-0.39, 0.29) is 6.04 Å². The van der Waals surface area contributed by atoms with Crippen LogP contribution in [-0.4, -0.2) is 5.75 Å². The molecule has 0 heterocycles. The third-order valence-corrected chi connectivity index (χ3v) is 5.80. The van der Waals surface area contributed by atoms with E-state index in [1.165, 1.54) is 30.4 Å². The Bertz CT molecular complexity index is 610. The van der Waals surface area contributed by atoms with Gasteiger partial charge in [-0.3, -0.25) is 0 Å². The number of nitrogens with two attached hydrogens (primary N) is 1. The zero-order valence-electron chi connectivity index (χ0n) is 12.0. The van der Waals surface area contributed by atoms with Crippen LogP contribution >= 0.6 is 23.4 Å². The van der Waals surface area contributed by atoms with Gasteiger partial charge in [-0.1, -0.05) is 54.4 Å². The lowest BCUT2D eigenvalue weighted by molar-refractivity contribution is 0.419. The van der Waals surface area contributed by atoms with E-state index < -0.39 is 0 Å². The molecule has 2 aromatic rings. The highest BCUT2D eigenvalue weighted by Gasteiger charge is 2.20. The standard InChI is InChI=1S/C18H20ClNS/c19-16-9-1-2-10-18(16)21-12-17(20)15-8-4-7-14(11-15)13-5-3-6-13/h1-2,4,7-11,13,17H,3,5-6,12,20H2. The van der Waals surface area contributed by atoms with Gasteiger partial charge in [0, 0.05) is 16.7 Å². The van der Waals surface area contributed by atoms with E-state index in [1.807, 2.05) is 24.3 Å². The lowest BCUT2D eigenvalue weighted by Crippen LogP contribution is -2.15. The van der Waals surface area contributed by atoms with Crippen molar-refractivity contribution in [3.8, 4) is 0 Å². The first-order valence-electron chi connectivity index (χ1n) is 7.47. The number of thioether (sulfide) groups is 1. The monoisotopic (exact) mass is 317 g/mol. The third kappa shape index (κ3) is 3.63. The Balaban J connectivity index is 1.65. The van der Waals surface area contributed by atoms with E-state index in [0.717, 1.165) is 21.6 Å². The van der Waals surface area contributed by atoms with Crippen LogP contribution in [-0.2, 0) is 0 Å². The molecule has 1 aliphatic carbocycles. The Labute approximate surface area is 135 Å². The second-order valence-electron chi connectivity index (χ2n) is 5.65. The first-order valence-corrected chi connectivity index (χ1v) is 8.83. The molecule has 1 nitrogen and oxygen atoms in total. The summed E-state index contributed by atoms with van der Waals surface area (Å²) in [6, 6.07) is 16.8. The van der Waals surface area contributed by atoms with E-state index >= 15 is 0 Å². The molecule has 0 radical (unpaired) electrons. The molecular weight excluding hydrogens is 298 g/mol. The van der Waals surface area contributed by atoms with Crippen LogP contribution < -0.4 is 5.73 Å². The fourth-order valence-corrected chi connectivity index (χ4v) is 3.85. The Kier molecular flexibility index (Phi) is 4.89. The summed E-state index contributed by atoms with van der Waals surface area (Å²) in [5, 5.41) is 0.804. The van der Waals surface area contributed by atoms with Gasteiger partial charge in [-0.05, 0) is 42.0 Å². The van der Waals surface area contributed by atoms with Gasteiger partial charge in [0.2, 0.25) is 0 Å². The highest BCUT2D eigenvalue weighted by molar-refractivity contribution is 7.99. The summed E-state index contributed by atoms with van der Waals surface area (Å²) in [4.78, 5) is 1.10. The van der Waals surface area contributed by atoms with Crippen molar-refractivity contribution in [1.82, 2.24) is 0 Å². The molecule has 2 N–H and O–H groups in total. The van der Waals surface area contributed by atoms with Gasteiger partial charge in [0.25, 0.3) is 0 Å². The van der Waals surface area contributed by atoms with Crippen molar-refractivity contribution in [2.45, 2.75) is 36.1 Å². The molecule has 0 spiro atoms. The van der Waals surface area contributed by atoms with Gasteiger partial charge in [-0.25, -0.2) is 0 Å². The highest BCUT2D eigenvalue weighted by atomic mass is 35.5. The van der Waals surface area contributed by atoms with Gasteiger partial charge in [0.15, 0.2) is 0 Å². The van der Waals surface area contributed by atoms with E-state index in [9.17, 15) is 0 Å². The molecule has 1 saturated carbocycles. The average molecular weight is 318 g/mol. The molecule has 21 heavy (non-hydrogen) atoms. The van der Waals surface area contributed by atoms with Gasteiger partial charge in [-0.2, -0.15) is 0 Å². The summed E-state index contributed by atoms with van der Waals surface area (Å²) < 4.78 is 0. The molecule has 1 aliphatic rings. The van der Waals surface area contributed by atoms with Crippen LogP contribution in [0.15, 0.2) is 53.4 Å². The molecule has 0 aliphatic heterocycles. The summed E-state index contributed by atoms with van der Waals surface area (Å²) in [6.45, 7) is 0. The maximum Gasteiger partial charge on any atom is 0.0541 e. The molecule has 0 bridgehead atoms. The van der Waals surface area contributed by atoms with E-state index in [0.29, 0.717) is 0 Å². The molecule has 0 aromatic heterocycles. The van der Waals surface area contributed by atoms with Crippen LogP contribution in [0.3, 0.4) is 0 Å². The zero-order chi connectivity index (χ0) is 14.7. The average Bonchev–Trinajstić information content (AvgIpc) is 2.45. The number of hydrogen-bond acceptors (Lipinski definition) is 2. The maximum atomic E-state index is 6.36. The summed E-state index contributed by atoms with van der Waals surface area (Å²) in [6.07, 6.45) is 4.02. The quantitative estimate of drug-likeness (QED) is 0.747. The summed E-state index contributed by atoms with van der Waals surface area (Å²) in [7, 11) is 0. The highest BCUT2D eigenvalue weighted by Crippen LogP contribution is 2.37. The van der Waals surface area contributed by atoms with Gasteiger partial charge in [0.1, 0.15) is 0 Å². The van der Waals surface area contributed by atoms with Crippen LogP contribution in [0.4, 0.5) is 0 Å². The third-order valence-electron chi connectivity index (χ3n) is 4.17. The van der Waals surface area contributed by atoms with E-state index in [2.05, 4.69) is 24.3 Å². The molecule has 0 saturated heterocycles. The predicted molar refractivity (Wildman–Crippen MR) is 92.1 cm³/mol. The Morgan fingerprint density at radius 1 is 1.14 bits per heavy atom. The maximum absolute atomic E-state index is 6.36. The van der Waals surface area contributed by atoms with E-state index in [4.69, 9.17) is 17.3 Å². The van der Waals surface area contributed by atoms with Crippen LogP contribution in [0.25, 0.3) is 0 Å². The smallest absolute Gasteiger partial charge is 0.0541 e. The fourth-order valence-electron chi connectivity index (χ4n) is 2.62. The molecule has 1 atom stereocenters. The Hall–Kier alpha value is -0.960. The van der Waals surface area contributed by atoms with Crippen molar-refractivity contribution in [2.75, 3.05) is 5.75 Å². The van der Waals surface area contributed by atoms with Crippen LogP contribution in [0.2, 0.25) is 5.02 Å². The van der Waals surface area contributed by atoms with Crippen molar-refractivity contribution >= 4 is 23.4 Å². The molecule has 1 fully saturated rings. The minimum Gasteiger partial charge on any atom is -0.323 e. The Morgan fingerprint density at radius 3 is 2.67 bits per heavy atom. The lowest BCUT2D eigenvalue weighted by Gasteiger charge is -2.26. The molecule has 3 heteroatoms. The lowest BCUT2D eigenvalue weighted by atomic mass is 9.79. The second kappa shape index (κ2) is 6.87. The Morgan fingerprint density at radius 2 is 1.95 bits per heavy atom. The molecule has 110 valence electrons. The van der Waals surface area contributed by atoms with Crippen molar-refractivity contribution < 1.29 is 0 Å². The number of halogens is 1. The molecule has 0 amide bonds. The van der Waals surface area contributed by atoms with Crippen molar-refractivity contribution in [3.05, 3.63) is 64.7 Å². The first kappa shape index (κ1) is 15.0. The van der Waals surface area contributed by atoms with Gasteiger partial charge >= 0.3 is 0 Å². The number of benzene rings is 2. The molecule has 2 aromatic carbocycles. The second-order valence-corrected chi connectivity index (χ2v) is 7.11. The number of rotatable bonds is 5. The fraction of sp³-hybridized carbons (Fsp3) is 0.333. The van der Waals surface area contributed by atoms with Crippen LogP contribution in [0.1, 0.15) is 42.3 Å². The summed E-state index contributed by atoms with van der Waals surface area (Å²) in [5.74, 6) is 1.60. The first-order chi connectivity index (χ1) is 10.2. The van der Waals surface area contributed by atoms with Crippen molar-refractivity contribution in [1.29, 1.82) is 0 Å². The largest absolute Gasteiger partial charge is 0.323 e. The minimum atomic E-state index is 0.0475. The normalized spacial score (nSPS) is 16.5. The number of hydrogen-bond donors (Lipinski definition) is 1. The van der Waals surface area contributed by atoms with E-state index in [1.54, 1.807) is 11.8 Å². The SMILES string of the molecule is NC(CSc1ccccc1Cl)c1cccc(C2CCC2)c1. The summed E-state index contributed by atoms with van der Waals surface area (Å²) in [5.41, 5.74) is 9.05. The van der Waals surface area contributed by atoms with Crippen molar-refractivity contribution in [3.63, 3.8) is 0 Å². The zero-order valence-corrected chi connectivity index (χ0v) is 13.5. The summed E-state index contributed by atoms with van der Waals surface area (Å²) >= 11 is 7.91. The van der Waals surface area contributed by atoms with Gasteiger partial charge in [-0.15, -0.1) is 11.8 Å². The topological polar surface area (TPSA) is 26.0 Å². The van der Waals surface area contributed by atoms with Gasteiger partial charge in [0.05, 0.1) is 5.02 Å². The molecule has 1 unspecified atom stereocenters. The minimum absolute atomic E-state index is 0.0475. The molecule has 3 rings (SSSR count). The van der Waals surface area contributed by atoms with Crippen molar-refractivity contribution in [2.24, 2.45) is 5.73 Å². The van der Waals surface area contributed by atoms with Gasteiger partial charge < -0.3 is 5.73 Å². The van der Waals surface area contributed by atoms with Crippen LogP contribution in [0, 0.1) is 0 Å².